The van der Waals surface area contributed by atoms with Crippen molar-refractivity contribution < 1.29 is 4.21 Å². The molecule has 2 nitrogen and oxygen atoms in total. The molecule has 0 fully saturated rings. The summed E-state index contributed by atoms with van der Waals surface area (Å²) in [5.74, 6) is 0. The summed E-state index contributed by atoms with van der Waals surface area (Å²) in [5.41, 5.74) is 0. The second kappa shape index (κ2) is 3.02. The summed E-state index contributed by atoms with van der Waals surface area (Å²) >= 11 is 6.75. The molecule has 0 aliphatic rings. The molecule has 0 amide bonds. The van der Waals surface area contributed by atoms with Crippen LogP contribution in [0.5, 0.6) is 0 Å². The fourth-order valence-electron chi connectivity index (χ4n) is 0. The smallest absolute Gasteiger partial charge is 0.0113 e. The molecule has 32 valence electrons. The molecule has 0 saturated carbocycles. The van der Waals surface area contributed by atoms with Crippen LogP contribution in [0.15, 0.2) is 0 Å². The van der Waals surface area contributed by atoms with Crippen LogP contribution < -0.4 is 3.75 Å². The molecule has 0 aromatic carbocycles. The molecule has 0 unspecified atom stereocenters. The lowest BCUT2D eigenvalue weighted by Crippen LogP contribution is -1.85. The van der Waals surface area contributed by atoms with E-state index in [0.717, 1.165) is 0 Å². The highest BCUT2D eigenvalue weighted by Crippen LogP contribution is 1.61. The van der Waals surface area contributed by atoms with Crippen molar-refractivity contribution in [2.75, 3.05) is 0 Å². The number of nitrogens with one attached hydrogen (secondary N) is 1. The highest BCUT2D eigenvalue weighted by atomic mass is 79.9. The third-order valence-corrected chi connectivity index (χ3v) is 1.96. The Morgan fingerprint density at radius 3 is 2.20 bits per heavy atom. The quantitative estimate of drug-likeness (QED) is 0.456. The zero-order valence-electron chi connectivity index (χ0n) is 2.10. The van der Waals surface area contributed by atoms with Crippen molar-refractivity contribution in [2.24, 2.45) is 0 Å². The maximum atomic E-state index is 9.58. The fraction of sp³-hybridized carbons (Fsp3) is 0. The second-order valence-electron chi connectivity index (χ2n) is 0.312. The van der Waals surface area contributed by atoms with Gasteiger partial charge in [-0.25, -0.2) is 11.2 Å². The van der Waals surface area contributed by atoms with Gasteiger partial charge in [-0.05, 0) is 16.1 Å². The van der Waals surface area contributed by atoms with Crippen molar-refractivity contribution >= 4 is 36.9 Å². The van der Waals surface area contributed by atoms with E-state index in [1.54, 1.807) is 0 Å². The first-order valence-corrected chi connectivity index (χ1v) is 3.59. The van der Waals surface area contributed by atoms with Gasteiger partial charge in [-0.3, -0.25) is 0 Å². The van der Waals surface area contributed by atoms with Crippen molar-refractivity contribution in [3.05, 3.63) is 0 Å². The normalized spacial score (nSPS) is 9.20. The van der Waals surface area contributed by atoms with Crippen LogP contribution in [0.3, 0.4) is 0 Å². The van der Waals surface area contributed by atoms with Crippen LogP contribution in [0, 0.1) is 0 Å². The van der Waals surface area contributed by atoms with Crippen LogP contribution in [-0.4, -0.2) is 0 Å². The zero-order chi connectivity index (χ0) is 4.28. The Morgan fingerprint density at radius 1 is 2.00 bits per heavy atom. The number of halogens is 1. The van der Waals surface area contributed by atoms with Crippen LogP contribution in [0.25, 0.3) is 0 Å². The summed E-state index contributed by atoms with van der Waals surface area (Å²) in [4.78, 5) is 0. The number of hydrogen-bond acceptors (Lipinski definition) is 3. The predicted molar refractivity (Wildman–Crippen MR) is 27.5 cm³/mol. The van der Waals surface area contributed by atoms with Crippen molar-refractivity contribution in [3.8, 4) is 0 Å². The standard InChI is InChI=1S/BrHNOS2/c1-2-5(3)4/h(H,2,3,4)/q-1. The highest BCUT2D eigenvalue weighted by Gasteiger charge is 1.42. The van der Waals surface area contributed by atoms with E-state index in [-0.39, 0.29) is 0 Å². The fourth-order valence-corrected chi connectivity index (χ4v) is 0. The average molecular weight is 175 g/mol. The van der Waals surface area contributed by atoms with Crippen LogP contribution >= 0.6 is 16.1 Å². The molecule has 0 aromatic rings. The first-order valence-electron chi connectivity index (χ1n) is 0.726. The summed E-state index contributed by atoms with van der Waals surface area (Å²) in [7, 11) is -1.32. The van der Waals surface area contributed by atoms with E-state index in [0.29, 0.717) is 0 Å². The maximum absolute atomic E-state index is 9.58. The van der Waals surface area contributed by atoms with E-state index in [1.165, 1.54) is 0 Å². The molecule has 5 heteroatoms. The molecule has 1 N–H and O–H groups in total. The van der Waals surface area contributed by atoms with E-state index < -0.39 is 9.54 Å². The third-order valence-electron chi connectivity index (χ3n) is 0.0630. The van der Waals surface area contributed by atoms with E-state index in [9.17, 15) is 4.21 Å². The van der Waals surface area contributed by atoms with Crippen LogP contribution in [0.1, 0.15) is 0 Å². The zero-order valence-corrected chi connectivity index (χ0v) is 5.32. The lowest BCUT2D eigenvalue weighted by molar-refractivity contribution is 0.603. The second-order valence-corrected chi connectivity index (χ2v) is 2.82. The van der Waals surface area contributed by atoms with Crippen molar-refractivity contribution in [3.63, 3.8) is 0 Å². The van der Waals surface area contributed by atoms with E-state index in [2.05, 4.69) is 31.1 Å². The first kappa shape index (κ1) is 5.81. The Bertz CT molecular complexity index is 67.7. The van der Waals surface area contributed by atoms with E-state index in [4.69, 9.17) is 0 Å². The van der Waals surface area contributed by atoms with E-state index >= 15 is 0 Å². The summed E-state index contributed by atoms with van der Waals surface area (Å²) in [5, 5.41) is 0. The van der Waals surface area contributed by atoms with Gasteiger partial charge in [-0.2, -0.15) is 0 Å². The molecule has 5 heavy (non-hydrogen) atoms. The van der Waals surface area contributed by atoms with Gasteiger partial charge in [-0.1, -0.05) is 0 Å². The minimum Gasteiger partial charge on any atom is -0.436 e. The topological polar surface area (TPSA) is 29.1 Å². The van der Waals surface area contributed by atoms with Gasteiger partial charge < -0.3 is 7.96 Å². The minimum absolute atomic E-state index is 1.32. The van der Waals surface area contributed by atoms with Crippen LogP contribution in [-0.2, 0) is 24.9 Å². The summed E-state index contributed by atoms with van der Waals surface area (Å²) in [6.45, 7) is 0. The molecular weight excluding hydrogens is 174 g/mol. The number of hydrogen-bond donors (Lipinski definition) is 1. The van der Waals surface area contributed by atoms with Gasteiger partial charge in [0.1, 0.15) is 0 Å². The van der Waals surface area contributed by atoms with Gasteiger partial charge in [0.2, 0.25) is 0 Å². The van der Waals surface area contributed by atoms with Gasteiger partial charge in [0.05, 0.1) is 0 Å². The summed E-state index contributed by atoms with van der Waals surface area (Å²) in [6.07, 6.45) is 0. The molecule has 0 aromatic heterocycles. The maximum Gasteiger partial charge on any atom is -0.0113 e. The molecule has 0 bridgehead atoms. The molecule has 0 atom stereocenters. The first-order chi connectivity index (χ1) is 2.27. The van der Waals surface area contributed by atoms with Crippen molar-refractivity contribution in [2.45, 2.75) is 0 Å². The molecule has 0 heterocycles. The van der Waals surface area contributed by atoms with Crippen molar-refractivity contribution in [1.29, 1.82) is 0 Å². The largest absolute Gasteiger partial charge is 0.436 e. The molecule has 0 rings (SSSR count). The molecule has 0 aliphatic carbocycles. The molecule has 0 spiro atoms. The van der Waals surface area contributed by atoms with Gasteiger partial charge >= 0.3 is 0 Å². The third kappa shape index (κ3) is 4.81. The highest BCUT2D eigenvalue weighted by molar-refractivity contribution is 9.09. The van der Waals surface area contributed by atoms with Gasteiger partial charge in [0.25, 0.3) is 0 Å². The summed E-state index contributed by atoms with van der Waals surface area (Å²) in [6, 6.07) is 0. The monoisotopic (exact) mass is 174 g/mol. The van der Waals surface area contributed by atoms with Crippen molar-refractivity contribution in [1.82, 2.24) is 3.75 Å². The van der Waals surface area contributed by atoms with Crippen LogP contribution in [0.2, 0.25) is 0 Å². The predicted octanol–water partition coefficient (Wildman–Crippen LogP) is 0.227. The van der Waals surface area contributed by atoms with Gasteiger partial charge in [-0.15, -0.1) is 9.54 Å². The average Bonchev–Trinajstić information content (AvgIpc) is 1.38. The Hall–Kier alpha value is 0.810. The molecular formula is HBrNOS2-. The SMILES string of the molecule is O=[S-](=S)NBr. The minimum atomic E-state index is -1.32. The Balaban J connectivity index is 3.23. The molecule has 0 radical (unpaired) electrons. The number of rotatable bonds is 1. The van der Waals surface area contributed by atoms with Crippen LogP contribution in [0.4, 0.5) is 0 Å². The Labute approximate surface area is 45.1 Å². The van der Waals surface area contributed by atoms with Gasteiger partial charge in [0.15, 0.2) is 0 Å². The van der Waals surface area contributed by atoms with E-state index in [1.807, 2.05) is 0 Å². The molecule has 0 saturated heterocycles. The summed E-state index contributed by atoms with van der Waals surface area (Å²) < 4.78 is 11.7. The lowest BCUT2D eigenvalue weighted by Gasteiger charge is -1.83. The lowest BCUT2D eigenvalue weighted by atomic mass is 13.9. The molecule has 0 aliphatic heterocycles. The van der Waals surface area contributed by atoms with Gasteiger partial charge in [0, 0.05) is 0 Å². The Kier molecular flexibility index (Phi) is 3.51. The Morgan fingerprint density at radius 2 is 2.20 bits per heavy atom.